The molecule has 9 heteroatoms. The number of fused-ring (bicyclic) bond motifs is 1. The Kier molecular flexibility index (Phi) is 10.2. The lowest BCUT2D eigenvalue weighted by Crippen LogP contribution is -2.37. The smallest absolute Gasteiger partial charge is 0.333 e. The van der Waals surface area contributed by atoms with E-state index in [0.717, 1.165) is 54.8 Å². The maximum atomic E-state index is 11.7. The summed E-state index contributed by atoms with van der Waals surface area (Å²) in [4.78, 5) is 15.0. The van der Waals surface area contributed by atoms with E-state index in [0.29, 0.717) is 28.6 Å². The molecule has 7 nitrogen and oxygen atoms in total. The normalized spacial score (nSPS) is 17.2. The van der Waals surface area contributed by atoms with Crippen molar-refractivity contribution in [3.05, 3.63) is 48.7 Å². The van der Waals surface area contributed by atoms with Crippen LogP contribution in [0.5, 0.6) is 5.75 Å². The first-order valence-electron chi connectivity index (χ1n) is 12.7. The summed E-state index contributed by atoms with van der Waals surface area (Å²) in [6, 6.07) is 11.4. The topological polar surface area (TPSA) is 105 Å². The highest BCUT2D eigenvalue weighted by Gasteiger charge is 2.42. The summed E-state index contributed by atoms with van der Waals surface area (Å²) in [5.74, 6) is 0.225. The van der Waals surface area contributed by atoms with Crippen molar-refractivity contribution in [3.63, 3.8) is 0 Å². The van der Waals surface area contributed by atoms with Crippen molar-refractivity contribution in [1.29, 1.82) is 0 Å². The van der Waals surface area contributed by atoms with Crippen LogP contribution in [0.3, 0.4) is 0 Å². The molecule has 0 bridgehead atoms. The molecule has 0 saturated heterocycles. The van der Waals surface area contributed by atoms with E-state index in [9.17, 15) is 13.9 Å². The summed E-state index contributed by atoms with van der Waals surface area (Å²) < 4.78 is 33.9. The number of esters is 1. The van der Waals surface area contributed by atoms with Gasteiger partial charge in [0, 0.05) is 35.2 Å². The van der Waals surface area contributed by atoms with Crippen LogP contribution in [0.2, 0.25) is 0 Å². The first-order valence-corrected chi connectivity index (χ1v) is 15.6. The first kappa shape index (κ1) is 29.2. The molecule has 2 aromatic carbocycles. The van der Waals surface area contributed by atoms with E-state index in [1.165, 1.54) is 31.2 Å². The summed E-state index contributed by atoms with van der Waals surface area (Å²) in [6.45, 7) is 5.02. The monoisotopic (exact) mass is 548 g/mol. The Balaban J connectivity index is 2.20. The number of benzene rings is 2. The molecular formula is C28H40N2O5S2. The van der Waals surface area contributed by atoms with E-state index < -0.39 is 16.6 Å². The van der Waals surface area contributed by atoms with Gasteiger partial charge in [-0.2, -0.15) is 10.6 Å². The zero-order chi connectivity index (χ0) is 27.1. The van der Waals surface area contributed by atoms with Gasteiger partial charge in [-0.25, -0.2) is 4.79 Å². The maximum absolute atomic E-state index is 11.7. The molecule has 0 atom stereocenters. The minimum Gasteiger partial charge on any atom is -0.466 e. The number of nitrogens with zero attached hydrogens (tertiary/aromatic N) is 1. The molecular weight excluding hydrogens is 508 g/mol. The molecule has 1 aliphatic heterocycles. The Bertz CT molecular complexity index is 1080. The molecule has 0 unspecified atom stereocenters. The minimum absolute atomic E-state index is 0.267. The van der Waals surface area contributed by atoms with Gasteiger partial charge in [0.05, 0.1) is 34.9 Å². The minimum atomic E-state index is -3.16. The fraction of sp³-hybridized carbons (Fsp3) is 0.464. The van der Waals surface area contributed by atoms with Crippen molar-refractivity contribution in [3.8, 4) is 5.75 Å². The Hall–Kier alpha value is -2.33. The number of carbonyl (C=O) groups excluding carboxylic acids is 1. The van der Waals surface area contributed by atoms with Gasteiger partial charge < -0.3 is 20.1 Å². The SMILES string of the molecule is CCCCC1(CCCC)CN(c2ccc(N)cc2)c2cc(SC)c(O/C=C/C(=O)OC)cc2S(O)(O)C1. The molecule has 204 valence electrons. The van der Waals surface area contributed by atoms with Crippen molar-refractivity contribution in [2.75, 3.05) is 36.3 Å². The van der Waals surface area contributed by atoms with E-state index in [1.54, 1.807) is 6.07 Å². The van der Waals surface area contributed by atoms with Crippen LogP contribution < -0.4 is 15.4 Å². The zero-order valence-corrected chi connectivity index (χ0v) is 23.9. The molecule has 3 rings (SSSR count). The molecule has 0 fully saturated rings. The van der Waals surface area contributed by atoms with Gasteiger partial charge in [0.2, 0.25) is 0 Å². The van der Waals surface area contributed by atoms with Crippen LogP contribution >= 0.6 is 22.4 Å². The summed E-state index contributed by atoms with van der Waals surface area (Å²) in [5.41, 5.74) is 8.12. The fourth-order valence-electron chi connectivity index (χ4n) is 4.87. The quantitative estimate of drug-likeness (QED) is 0.0863. The van der Waals surface area contributed by atoms with Gasteiger partial charge >= 0.3 is 5.97 Å². The van der Waals surface area contributed by atoms with Crippen LogP contribution in [0.1, 0.15) is 52.4 Å². The molecule has 0 amide bonds. The van der Waals surface area contributed by atoms with Crippen LogP contribution in [0.4, 0.5) is 17.1 Å². The maximum Gasteiger partial charge on any atom is 0.333 e. The lowest BCUT2D eigenvalue weighted by molar-refractivity contribution is -0.134. The average Bonchev–Trinajstić information content (AvgIpc) is 2.98. The number of ether oxygens (including phenoxy) is 2. The zero-order valence-electron chi connectivity index (χ0n) is 22.2. The number of anilines is 3. The molecule has 1 aliphatic rings. The van der Waals surface area contributed by atoms with Crippen molar-refractivity contribution in [2.24, 2.45) is 5.41 Å². The lowest BCUT2D eigenvalue weighted by Gasteiger charge is -2.42. The van der Waals surface area contributed by atoms with Crippen LogP contribution in [-0.4, -0.2) is 40.7 Å². The highest BCUT2D eigenvalue weighted by molar-refractivity contribution is 8.24. The van der Waals surface area contributed by atoms with Gasteiger partial charge in [0.15, 0.2) is 0 Å². The predicted molar refractivity (Wildman–Crippen MR) is 155 cm³/mol. The highest BCUT2D eigenvalue weighted by Crippen LogP contribution is 2.62. The van der Waals surface area contributed by atoms with Gasteiger partial charge in [0.25, 0.3) is 0 Å². The van der Waals surface area contributed by atoms with E-state index in [4.69, 9.17) is 10.5 Å². The molecule has 1 heterocycles. The summed E-state index contributed by atoms with van der Waals surface area (Å²) in [7, 11) is -1.86. The Morgan fingerprint density at radius 1 is 1.16 bits per heavy atom. The van der Waals surface area contributed by atoms with E-state index >= 15 is 0 Å². The Morgan fingerprint density at radius 3 is 2.38 bits per heavy atom. The van der Waals surface area contributed by atoms with Gasteiger partial charge in [-0.05, 0) is 49.4 Å². The Morgan fingerprint density at radius 2 is 1.81 bits per heavy atom. The van der Waals surface area contributed by atoms with Crippen LogP contribution in [0.25, 0.3) is 0 Å². The Labute approximate surface area is 226 Å². The van der Waals surface area contributed by atoms with Crippen molar-refractivity contribution in [2.45, 2.75) is 62.2 Å². The molecule has 37 heavy (non-hydrogen) atoms. The third-order valence-electron chi connectivity index (χ3n) is 6.82. The third-order valence-corrected chi connectivity index (χ3v) is 9.62. The predicted octanol–water partition coefficient (Wildman–Crippen LogP) is 7.68. The largest absolute Gasteiger partial charge is 0.466 e. The molecule has 2 aromatic rings. The fourth-order valence-corrected chi connectivity index (χ4v) is 7.60. The van der Waals surface area contributed by atoms with Gasteiger partial charge in [0.1, 0.15) is 5.75 Å². The second kappa shape index (κ2) is 13.0. The molecule has 0 aromatic heterocycles. The van der Waals surface area contributed by atoms with E-state index in [2.05, 4.69) is 23.5 Å². The summed E-state index contributed by atoms with van der Waals surface area (Å²) in [6.07, 6.45) is 10.4. The third kappa shape index (κ3) is 7.16. The van der Waals surface area contributed by atoms with E-state index in [-0.39, 0.29) is 5.41 Å². The summed E-state index contributed by atoms with van der Waals surface area (Å²) in [5, 5.41) is 0. The van der Waals surface area contributed by atoms with Crippen LogP contribution in [-0.2, 0) is 9.53 Å². The average molecular weight is 549 g/mol. The van der Waals surface area contributed by atoms with Crippen molar-refractivity contribution < 1.29 is 23.4 Å². The molecule has 0 radical (unpaired) electrons. The molecule has 0 saturated carbocycles. The number of nitrogen functional groups attached to an aromatic ring is 1. The van der Waals surface area contributed by atoms with Gasteiger partial charge in [-0.3, -0.25) is 9.11 Å². The molecule has 0 spiro atoms. The van der Waals surface area contributed by atoms with Gasteiger partial charge in [-0.1, -0.05) is 39.5 Å². The number of hydrogen-bond acceptors (Lipinski definition) is 8. The lowest BCUT2D eigenvalue weighted by atomic mass is 9.79. The van der Waals surface area contributed by atoms with Crippen molar-refractivity contribution >= 4 is 45.4 Å². The number of thioether (sulfide) groups is 1. The highest BCUT2D eigenvalue weighted by atomic mass is 32.3. The first-order chi connectivity index (χ1) is 17.7. The molecule has 4 N–H and O–H groups in total. The number of carbonyl (C=O) groups is 1. The van der Waals surface area contributed by atoms with Crippen LogP contribution in [0.15, 0.2) is 58.5 Å². The van der Waals surface area contributed by atoms with Crippen molar-refractivity contribution in [1.82, 2.24) is 0 Å². The van der Waals surface area contributed by atoms with Crippen LogP contribution in [0, 0.1) is 5.41 Å². The number of nitrogens with two attached hydrogens (primary N) is 1. The van der Waals surface area contributed by atoms with Gasteiger partial charge in [-0.15, -0.1) is 11.8 Å². The summed E-state index contributed by atoms with van der Waals surface area (Å²) >= 11 is 1.49. The second-order valence-electron chi connectivity index (χ2n) is 9.61. The molecule has 0 aliphatic carbocycles. The number of methoxy groups -OCH3 is 1. The number of unbranched alkanes of at least 4 members (excludes halogenated alkanes) is 2. The number of hydrogen-bond donors (Lipinski definition) is 3. The standard InChI is InChI=1S/C28H40N2O5S2/c1-5-7-14-28(15-8-6-2)19-30(22-11-9-21(29)10-12-22)23-17-25(36-4)24(35-16-13-27(31)34-3)18-26(23)37(32,33)20-28/h9-13,16-18,32-33H,5-8,14-15,19-20,29H2,1-4H3/b16-13+. The number of rotatable bonds is 11. The second-order valence-corrected chi connectivity index (χ2v) is 12.5. The van der Waals surface area contributed by atoms with E-state index in [1.807, 2.05) is 36.6 Å².